The van der Waals surface area contributed by atoms with Crippen LogP contribution >= 0.6 is 0 Å². The quantitative estimate of drug-likeness (QED) is 0.888. The zero-order valence-corrected chi connectivity index (χ0v) is 11.4. The van der Waals surface area contributed by atoms with Crippen molar-refractivity contribution < 1.29 is 13.5 Å². The highest BCUT2D eigenvalue weighted by Gasteiger charge is 2.33. The van der Waals surface area contributed by atoms with Crippen LogP contribution in [-0.2, 0) is 0 Å². The molecule has 0 spiro atoms. The second-order valence-corrected chi connectivity index (χ2v) is 5.37. The number of hydrogen-bond acceptors (Lipinski definition) is 4. The van der Waals surface area contributed by atoms with Gasteiger partial charge in [0.1, 0.15) is 18.1 Å². The van der Waals surface area contributed by atoms with Crippen molar-refractivity contribution in [3.63, 3.8) is 0 Å². The minimum absolute atomic E-state index is 0.0916. The van der Waals surface area contributed by atoms with E-state index in [0.717, 1.165) is 19.3 Å². The average molecular weight is 294 g/mol. The lowest BCUT2D eigenvalue weighted by atomic mass is 9.78. The summed E-state index contributed by atoms with van der Waals surface area (Å²) in [6.07, 6.45) is 3.19. The standard InChI is InChI=1S/C14H16F2N4O/c15-13(16)12-11(21-8-14(17)4-1-5-14)3-2-10(20-12)9-6-18-19-7-9/h2-3,6-7,13H,1,4-5,8,17H2,(H,18,19). The number of hydrogen-bond donors (Lipinski definition) is 2. The molecule has 3 N–H and O–H groups in total. The third-order valence-electron chi connectivity index (χ3n) is 3.75. The molecule has 5 nitrogen and oxygen atoms in total. The van der Waals surface area contributed by atoms with Gasteiger partial charge in [-0.1, -0.05) is 0 Å². The van der Waals surface area contributed by atoms with Crippen LogP contribution in [0, 0.1) is 0 Å². The molecule has 1 aliphatic carbocycles. The first-order valence-corrected chi connectivity index (χ1v) is 6.77. The van der Waals surface area contributed by atoms with Gasteiger partial charge in [-0.15, -0.1) is 0 Å². The highest BCUT2D eigenvalue weighted by Crippen LogP contribution is 2.33. The van der Waals surface area contributed by atoms with Gasteiger partial charge in [-0.25, -0.2) is 13.8 Å². The number of nitrogens with two attached hydrogens (primary N) is 1. The van der Waals surface area contributed by atoms with Crippen molar-refractivity contribution in [3.8, 4) is 17.0 Å². The Morgan fingerprint density at radius 3 is 2.76 bits per heavy atom. The molecule has 2 heterocycles. The van der Waals surface area contributed by atoms with Crippen LogP contribution in [0.3, 0.4) is 0 Å². The van der Waals surface area contributed by atoms with E-state index < -0.39 is 6.43 Å². The SMILES string of the molecule is NC1(COc2ccc(-c3cn[nH]c3)nc2C(F)F)CCC1. The molecule has 3 rings (SSSR count). The zero-order valence-electron chi connectivity index (χ0n) is 11.4. The van der Waals surface area contributed by atoms with E-state index in [1.54, 1.807) is 12.3 Å². The Bertz CT molecular complexity index is 611. The summed E-state index contributed by atoms with van der Waals surface area (Å²) in [5.74, 6) is 0.0916. The van der Waals surface area contributed by atoms with Crippen molar-refractivity contribution in [2.45, 2.75) is 31.2 Å². The van der Waals surface area contributed by atoms with Crippen LogP contribution in [0.2, 0.25) is 0 Å². The zero-order chi connectivity index (χ0) is 14.9. The number of pyridine rings is 1. The predicted octanol–water partition coefficient (Wildman–Crippen LogP) is 2.67. The summed E-state index contributed by atoms with van der Waals surface area (Å²) in [5, 5.41) is 6.41. The molecule has 2 aromatic rings. The normalized spacial score (nSPS) is 16.8. The Hall–Kier alpha value is -2.02. The Morgan fingerprint density at radius 1 is 1.38 bits per heavy atom. The van der Waals surface area contributed by atoms with Gasteiger partial charge in [0.15, 0.2) is 0 Å². The monoisotopic (exact) mass is 294 g/mol. The third kappa shape index (κ3) is 2.87. The number of nitrogens with zero attached hydrogens (tertiary/aromatic N) is 2. The van der Waals surface area contributed by atoms with Crippen LogP contribution in [0.25, 0.3) is 11.3 Å². The Kier molecular flexibility index (Phi) is 3.59. The Morgan fingerprint density at radius 2 is 2.19 bits per heavy atom. The lowest BCUT2D eigenvalue weighted by Crippen LogP contribution is -2.51. The number of halogens is 2. The third-order valence-corrected chi connectivity index (χ3v) is 3.75. The summed E-state index contributed by atoms with van der Waals surface area (Å²) in [6, 6.07) is 3.15. The number of nitrogens with one attached hydrogen (secondary N) is 1. The first-order valence-electron chi connectivity index (χ1n) is 6.77. The van der Waals surface area contributed by atoms with Gasteiger partial charge in [0.25, 0.3) is 6.43 Å². The van der Waals surface area contributed by atoms with Crippen LogP contribution < -0.4 is 10.5 Å². The molecule has 1 fully saturated rings. The molecule has 112 valence electrons. The van der Waals surface area contributed by atoms with Gasteiger partial charge in [-0.3, -0.25) is 5.10 Å². The summed E-state index contributed by atoms with van der Waals surface area (Å²) in [7, 11) is 0. The maximum atomic E-state index is 13.2. The summed E-state index contributed by atoms with van der Waals surface area (Å²) >= 11 is 0. The van der Waals surface area contributed by atoms with E-state index in [0.29, 0.717) is 11.3 Å². The minimum atomic E-state index is -2.71. The number of alkyl halides is 2. The van der Waals surface area contributed by atoms with Crippen molar-refractivity contribution in [1.82, 2.24) is 15.2 Å². The number of rotatable bonds is 5. The van der Waals surface area contributed by atoms with Crippen LogP contribution in [0.5, 0.6) is 5.75 Å². The topological polar surface area (TPSA) is 76.8 Å². The molecule has 0 saturated heterocycles. The minimum Gasteiger partial charge on any atom is -0.490 e. The molecular weight excluding hydrogens is 278 g/mol. The van der Waals surface area contributed by atoms with Crippen molar-refractivity contribution in [2.75, 3.05) is 6.61 Å². The molecule has 0 radical (unpaired) electrons. The lowest BCUT2D eigenvalue weighted by Gasteiger charge is -2.37. The van der Waals surface area contributed by atoms with Crippen molar-refractivity contribution >= 4 is 0 Å². The molecule has 2 aromatic heterocycles. The second kappa shape index (κ2) is 5.40. The fourth-order valence-electron chi connectivity index (χ4n) is 2.29. The van der Waals surface area contributed by atoms with Crippen LogP contribution in [-0.4, -0.2) is 27.3 Å². The summed E-state index contributed by atoms with van der Waals surface area (Å²) < 4.78 is 31.8. The van der Waals surface area contributed by atoms with E-state index in [1.807, 2.05) is 0 Å². The number of H-pyrrole nitrogens is 1. The molecule has 0 aromatic carbocycles. The van der Waals surface area contributed by atoms with E-state index in [9.17, 15) is 8.78 Å². The highest BCUT2D eigenvalue weighted by molar-refractivity contribution is 5.58. The van der Waals surface area contributed by atoms with E-state index >= 15 is 0 Å². The number of aromatic amines is 1. The van der Waals surface area contributed by atoms with E-state index in [-0.39, 0.29) is 23.6 Å². The molecule has 0 aliphatic heterocycles. The van der Waals surface area contributed by atoms with Gasteiger partial charge < -0.3 is 10.5 Å². The van der Waals surface area contributed by atoms with Gasteiger partial charge in [-0.05, 0) is 31.4 Å². The maximum absolute atomic E-state index is 13.2. The van der Waals surface area contributed by atoms with Crippen molar-refractivity contribution in [2.24, 2.45) is 5.73 Å². The fourth-order valence-corrected chi connectivity index (χ4v) is 2.29. The fraction of sp³-hybridized carbons (Fsp3) is 0.429. The summed E-state index contributed by atoms with van der Waals surface area (Å²) in [4.78, 5) is 3.98. The molecule has 0 unspecified atom stereocenters. The molecule has 1 saturated carbocycles. The predicted molar refractivity (Wildman–Crippen MR) is 73.0 cm³/mol. The molecule has 0 amide bonds. The Labute approximate surface area is 120 Å². The molecule has 0 atom stereocenters. The van der Waals surface area contributed by atoms with Crippen LogP contribution in [0.15, 0.2) is 24.5 Å². The van der Waals surface area contributed by atoms with E-state index in [1.165, 1.54) is 12.3 Å². The van der Waals surface area contributed by atoms with Crippen molar-refractivity contribution in [1.29, 1.82) is 0 Å². The van der Waals surface area contributed by atoms with Gasteiger partial charge in [0.05, 0.1) is 17.4 Å². The Balaban J connectivity index is 1.82. The molecule has 21 heavy (non-hydrogen) atoms. The smallest absolute Gasteiger partial charge is 0.284 e. The average Bonchev–Trinajstić information content (AvgIpc) is 2.97. The van der Waals surface area contributed by atoms with Gasteiger partial charge >= 0.3 is 0 Å². The number of aromatic nitrogens is 3. The molecule has 1 aliphatic rings. The molecular formula is C14H16F2N4O. The van der Waals surface area contributed by atoms with Crippen LogP contribution in [0.4, 0.5) is 8.78 Å². The second-order valence-electron chi connectivity index (χ2n) is 5.37. The van der Waals surface area contributed by atoms with Gasteiger partial charge in [-0.2, -0.15) is 5.10 Å². The summed E-state index contributed by atoms with van der Waals surface area (Å²) in [6.45, 7) is 0.236. The number of ether oxygens (including phenoxy) is 1. The first kappa shape index (κ1) is 13.9. The van der Waals surface area contributed by atoms with E-state index in [4.69, 9.17) is 10.5 Å². The van der Waals surface area contributed by atoms with Gasteiger partial charge in [0.2, 0.25) is 0 Å². The van der Waals surface area contributed by atoms with E-state index in [2.05, 4.69) is 15.2 Å². The maximum Gasteiger partial charge on any atom is 0.284 e. The molecule has 7 heteroatoms. The largest absolute Gasteiger partial charge is 0.490 e. The highest BCUT2D eigenvalue weighted by atomic mass is 19.3. The first-order chi connectivity index (χ1) is 10.1. The van der Waals surface area contributed by atoms with Gasteiger partial charge in [0, 0.05) is 11.8 Å². The van der Waals surface area contributed by atoms with Crippen LogP contribution in [0.1, 0.15) is 31.4 Å². The van der Waals surface area contributed by atoms with Crippen molar-refractivity contribution in [3.05, 3.63) is 30.2 Å². The lowest BCUT2D eigenvalue weighted by molar-refractivity contribution is 0.120. The summed E-state index contributed by atoms with van der Waals surface area (Å²) in [5.41, 5.74) is 6.37. The molecule has 0 bridgehead atoms.